The van der Waals surface area contributed by atoms with E-state index in [1.54, 1.807) is 42.6 Å². The van der Waals surface area contributed by atoms with E-state index in [2.05, 4.69) is 5.32 Å². The van der Waals surface area contributed by atoms with Gasteiger partial charge in [0.1, 0.15) is 5.70 Å². The van der Waals surface area contributed by atoms with Gasteiger partial charge in [0, 0.05) is 23.1 Å². The molecule has 1 heterocycles. The first-order chi connectivity index (χ1) is 15.3. The number of ether oxygens (including phenoxy) is 2. The SMILES string of the molecule is COC(=O)C1=C(C(=O)OC)N(c2ccc(C(=O)Nc3cc(C)cc(C)c3)cc2)C=CC=C1. The monoisotopic (exact) mass is 432 g/mol. The molecule has 0 saturated carbocycles. The Hall–Kier alpha value is -4.13. The average molecular weight is 432 g/mol. The number of hydrogen-bond donors (Lipinski definition) is 1. The maximum Gasteiger partial charge on any atom is 0.355 e. The second kappa shape index (κ2) is 9.78. The largest absolute Gasteiger partial charge is 0.465 e. The van der Waals surface area contributed by atoms with Crippen molar-refractivity contribution in [1.82, 2.24) is 0 Å². The van der Waals surface area contributed by atoms with Gasteiger partial charge >= 0.3 is 11.9 Å². The van der Waals surface area contributed by atoms with Crippen LogP contribution in [0.3, 0.4) is 0 Å². The van der Waals surface area contributed by atoms with Crippen LogP contribution in [0.1, 0.15) is 21.5 Å². The Kier molecular flexibility index (Phi) is 6.90. The van der Waals surface area contributed by atoms with E-state index in [0.29, 0.717) is 11.3 Å². The fourth-order valence-corrected chi connectivity index (χ4v) is 3.39. The topological polar surface area (TPSA) is 84.9 Å². The number of benzene rings is 2. The van der Waals surface area contributed by atoms with Gasteiger partial charge in [-0.1, -0.05) is 12.1 Å². The standard InChI is InChI=1S/C25H24N2O5/c1-16-13-17(2)15-19(14-16)26-23(28)18-8-10-20(11-9-18)27-12-6-5-7-21(24(29)31-3)22(27)25(30)32-4/h5-15H,1-4H3,(H,26,28). The summed E-state index contributed by atoms with van der Waals surface area (Å²) >= 11 is 0. The van der Waals surface area contributed by atoms with Gasteiger partial charge in [-0.15, -0.1) is 0 Å². The van der Waals surface area contributed by atoms with E-state index >= 15 is 0 Å². The average Bonchev–Trinajstić information content (AvgIpc) is 3.00. The fourth-order valence-electron chi connectivity index (χ4n) is 3.39. The van der Waals surface area contributed by atoms with Gasteiger partial charge in [-0.05, 0) is 73.5 Å². The van der Waals surface area contributed by atoms with E-state index in [1.807, 2.05) is 32.0 Å². The highest BCUT2D eigenvalue weighted by atomic mass is 16.5. The lowest BCUT2D eigenvalue weighted by molar-refractivity contribution is -0.139. The number of carbonyl (C=O) groups excluding carboxylic acids is 3. The van der Waals surface area contributed by atoms with E-state index < -0.39 is 11.9 Å². The molecule has 7 nitrogen and oxygen atoms in total. The minimum atomic E-state index is -0.696. The third kappa shape index (κ3) is 4.95. The second-order valence-electron chi connectivity index (χ2n) is 7.19. The summed E-state index contributed by atoms with van der Waals surface area (Å²) in [6, 6.07) is 12.5. The first-order valence-electron chi connectivity index (χ1n) is 9.88. The third-order valence-corrected chi connectivity index (χ3v) is 4.78. The molecule has 1 N–H and O–H groups in total. The fraction of sp³-hybridized carbons (Fsp3) is 0.160. The minimum absolute atomic E-state index is 0.0109. The zero-order valence-electron chi connectivity index (χ0n) is 18.3. The predicted octanol–water partition coefficient (Wildman–Crippen LogP) is 4.05. The Balaban J connectivity index is 1.91. The van der Waals surface area contributed by atoms with Crippen molar-refractivity contribution in [2.75, 3.05) is 24.4 Å². The molecule has 3 rings (SSSR count). The molecule has 0 fully saturated rings. The molecule has 0 aliphatic carbocycles. The van der Waals surface area contributed by atoms with Crippen molar-refractivity contribution in [1.29, 1.82) is 0 Å². The number of amides is 1. The van der Waals surface area contributed by atoms with Crippen LogP contribution in [0.2, 0.25) is 0 Å². The van der Waals surface area contributed by atoms with Crippen molar-refractivity contribution in [3.63, 3.8) is 0 Å². The normalized spacial score (nSPS) is 12.9. The van der Waals surface area contributed by atoms with Gasteiger partial charge in [-0.3, -0.25) is 4.79 Å². The molecule has 1 amide bonds. The first kappa shape index (κ1) is 22.6. The van der Waals surface area contributed by atoms with Crippen LogP contribution in [0.25, 0.3) is 0 Å². The maximum absolute atomic E-state index is 12.7. The van der Waals surface area contributed by atoms with Crippen LogP contribution in [0.5, 0.6) is 0 Å². The number of methoxy groups -OCH3 is 2. The molecule has 1 aliphatic rings. The van der Waals surface area contributed by atoms with E-state index in [9.17, 15) is 14.4 Å². The van der Waals surface area contributed by atoms with Gasteiger partial charge in [0.2, 0.25) is 0 Å². The molecule has 0 spiro atoms. The van der Waals surface area contributed by atoms with E-state index in [4.69, 9.17) is 9.47 Å². The summed E-state index contributed by atoms with van der Waals surface area (Å²) in [6.45, 7) is 3.94. The summed E-state index contributed by atoms with van der Waals surface area (Å²) < 4.78 is 9.71. The lowest BCUT2D eigenvalue weighted by Gasteiger charge is -2.23. The van der Waals surface area contributed by atoms with E-state index in [1.165, 1.54) is 25.2 Å². The molecular formula is C25H24N2O5. The quantitative estimate of drug-likeness (QED) is 0.718. The molecule has 0 saturated heterocycles. The molecular weight excluding hydrogens is 408 g/mol. The second-order valence-corrected chi connectivity index (χ2v) is 7.19. The van der Waals surface area contributed by atoms with Crippen LogP contribution >= 0.6 is 0 Å². The predicted molar refractivity (Wildman–Crippen MR) is 122 cm³/mol. The number of rotatable bonds is 5. The van der Waals surface area contributed by atoms with Gasteiger partial charge in [0.25, 0.3) is 5.91 Å². The number of nitrogens with one attached hydrogen (secondary N) is 1. The van der Waals surface area contributed by atoms with Crippen molar-refractivity contribution in [2.45, 2.75) is 13.8 Å². The first-order valence-corrected chi connectivity index (χ1v) is 9.88. The van der Waals surface area contributed by atoms with E-state index in [0.717, 1.165) is 16.8 Å². The third-order valence-electron chi connectivity index (χ3n) is 4.78. The Labute approximate surface area is 186 Å². The summed E-state index contributed by atoms with van der Waals surface area (Å²) in [6.07, 6.45) is 6.42. The van der Waals surface area contributed by atoms with Crippen molar-refractivity contribution >= 4 is 29.2 Å². The smallest absolute Gasteiger partial charge is 0.355 e. The van der Waals surface area contributed by atoms with Crippen LogP contribution in [0.15, 0.2) is 78.2 Å². The molecule has 0 unspecified atom stereocenters. The summed E-state index contributed by atoms with van der Waals surface area (Å²) in [5.74, 6) is -1.62. The van der Waals surface area contributed by atoms with Crippen molar-refractivity contribution < 1.29 is 23.9 Å². The van der Waals surface area contributed by atoms with Crippen LogP contribution < -0.4 is 10.2 Å². The number of aryl methyl sites for hydroxylation is 2. The molecule has 2 aromatic carbocycles. The van der Waals surface area contributed by atoms with Crippen LogP contribution in [0, 0.1) is 13.8 Å². The minimum Gasteiger partial charge on any atom is -0.465 e. The molecule has 32 heavy (non-hydrogen) atoms. The molecule has 0 aromatic heterocycles. The number of anilines is 2. The number of carbonyl (C=O) groups is 3. The maximum atomic E-state index is 12.7. The lowest BCUT2D eigenvalue weighted by atomic mass is 10.1. The molecule has 2 aromatic rings. The summed E-state index contributed by atoms with van der Waals surface area (Å²) in [7, 11) is 2.48. The van der Waals surface area contributed by atoms with Crippen LogP contribution in [-0.4, -0.2) is 32.1 Å². The Bertz CT molecular complexity index is 1120. The zero-order valence-corrected chi connectivity index (χ0v) is 18.3. The Morgan fingerprint density at radius 3 is 2.06 bits per heavy atom. The summed E-state index contributed by atoms with van der Waals surface area (Å²) in [5.41, 5.74) is 3.91. The van der Waals surface area contributed by atoms with Crippen LogP contribution in [-0.2, 0) is 19.1 Å². The Morgan fingerprint density at radius 2 is 1.47 bits per heavy atom. The number of allylic oxidation sites excluding steroid dienone is 2. The van der Waals surface area contributed by atoms with Gasteiger partial charge in [0.15, 0.2) is 0 Å². The Morgan fingerprint density at radius 1 is 0.844 bits per heavy atom. The van der Waals surface area contributed by atoms with Crippen molar-refractivity contribution in [3.05, 3.63) is 94.9 Å². The molecule has 0 bridgehead atoms. The summed E-state index contributed by atoms with van der Waals surface area (Å²) in [4.78, 5) is 39.0. The molecule has 0 radical (unpaired) electrons. The number of nitrogens with zero attached hydrogens (tertiary/aromatic N) is 1. The molecule has 164 valence electrons. The van der Waals surface area contributed by atoms with Crippen molar-refractivity contribution in [2.24, 2.45) is 0 Å². The van der Waals surface area contributed by atoms with E-state index in [-0.39, 0.29) is 17.2 Å². The summed E-state index contributed by atoms with van der Waals surface area (Å²) in [5, 5.41) is 2.89. The van der Waals surface area contributed by atoms with Gasteiger partial charge in [-0.25, -0.2) is 9.59 Å². The number of esters is 2. The molecule has 0 atom stereocenters. The highest BCUT2D eigenvalue weighted by molar-refractivity contribution is 6.06. The van der Waals surface area contributed by atoms with Gasteiger partial charge < -0.3 is 19.7 Å². The zero-order chi connectivity index (χ0) is 23.3. The van der Waals surface area contributed by atoms with Crippen molar-refractivity contribution in [3.8, 4) is 0 Å². The van der Waals surface area contributed by atoms with Gasteiger partial charge in [0.05, 0.1) is 19.8 Å². The highest BCUT2D eigenvalue weighted by Crippen LogP contribution is 2.27. The molecule has 1 aliphatic heterocycles. The molecule has 7 heteroatoms. The number of hydrogen-bond acceptors (Lipinski definition) is 6. The highest BCUT2D eigenvalue weighted by Gasteiger charge is 2.27. The lowest BCUT2D eigenvalue weighted by Crippen LogP contribution is -2.27. The van der Waals surface area contributed by atoms with Crippen LogP contribution in [0.4, 0.5) is 11.4 Å². The van der Waals surface area contributed by atoms with Gasteiger partial charge in [-0.2, -0.15) is 0 Å².